The van der Waals surface area contributed by atoms with Crippen LogP contribution >= 0.6 is 23.2 Å². The van der Waals surface area contributed by atoms with E-state index in [4.69, 9.17) is 23.2 Å². The van der Waals surface area contributed by atoms with Gasteiger partial charge in [-0.05, 0) is 72.3 Å². The van der Waals surface area contributed by atoms with Crippen molar-refractivity contribution < 1.29 is 4.92 Å². The molecule has 2 aliphatic carbocycles. The van der Waals surface area contributed by atoms with Gasteiger partial charge in [0.15, 0.2) is 0 Å². The number of hydrogen-bond donors (Lipinski definition) is 1. The van der Waals surface area contributed by atoms with Crippen LogP contribution in [0, 0.1) is 27.9 Å². The first-order chi connectivity index (χ1) is 12.5. The second-order valence-corrected chi connectivity index (χ2v) is 8.60. The first kappa shape index (κ1) is 16.4. The second kappa shape index (κ2) is 5.86. The van der Waals surface area contributed by atoms with E-state index in [2.05, 4.69) is 5.32 Å². The summed E-state index contributed by atoms with van der Waals surface area (Å²) in [4.78, 5) is 11.0. The summed E-state index contributed by atoms with van der Waals surface area (Å²) in [7, 11) is 0. The maximum absolute atomic E-state index is 11.3. The first-order valence-electron chi connectivity index (χ1n) is 9.03. The van der Waals surface area contributed by atoms with Crippen molar-refractivity contribution in [1.82, 2.24) is 0 Å². The highest BCUT2D eigenvalue weighted by molar-refractivity contribution is 6.35. The molecule has 0 radical (unpaired) electrons. The maximum atomic E-state index is 11.3. The fourth-order valence-corrected chi connectivity index (χ4v) is 6.18. The Morgan fingerprint density at radius 1 is 1.04 bits per heavy atom. The van der Waals surface area contributed by atoms with Gasteiger partial charge in [0.1, 0.15) is 0 Å². The Bertz CT molecular complexity index is 917. The molecule has 0 spiro atoms. The minimum atomic E-state index is -0.301. The Labute approximate surface area is 161 Å². The largest absolute Gasteiger partial charge is 0.378 e. The van der Waals surface area contributed by atoms with Crippen LogP contribution in [0.15, 0.2) is 36.4 Å². The highest BCUT2D eigenvalue weighted by atomic mass is 35.5. The molecule has 5 atom stereocenters. The molecule has 1 aliphatic heterocycles. The topological polar surface area (TPSA) is 55.2 Å². The summed E-state index contributed by atoms with van der Waals surface area (Å²) < 4.78 is 0. The molecule has 0 saturated heterocycles. The number of nitrogens with one attached hydrogen (secondary N) is 1. The van der Waals surface area contributed by atoms with Crippen molar-refractivity contribution in [2.45, 2.75) is 31.2 Å². The zero-order chi connectivity index (χ0) is 18.0. The number of nitro benzene ring substituents is 1. The number of rotatable bonds is 2. The number of anilines is 1. The molecule has 0 aromatic heterocycles. The summed E-state index contributed by atoms with van der Waals surface area (Å²) in [6.45, 7) is 0. The lowest BCUT2D eigenvalue weighted by molar-refractivity contribution is -0.384. The molecule has 134 valence electrons. The van der Waals surface area contributed by atoms with Crippen molar-refractivity contribution in [3.05, 3.63) is 67.7 Å². The zero-order valence-electron chi connectivity index (χ0n) is 14.0. The van der Waals surface area contributed by atoms with Crippen LogP contribution in [0.3, 0.4) is 0 Å². The number of halogens is 2. The van der Waals surface area contributed by atoms with Crippen molar-refractivity contribution in [3.63, 3.8) is 0 Å². The first-order valence-corrected chi connectivity index (χ1v) is 9.78. The molecule has 3 aliphatic rings. The second-order valence-electron chi connectivity index (χ2n) is 7.75. The lowest BCUT2D eigenvalue weighted by atomic mass is 9.68. The Hall–Kier alpha value is -1.78. The lowest BCUT2D eigenvalue weighted by Gasteiger charge is -2.43. The molecule has 2 aromatic rings. The Morgan fingerprint density at radius 2 is 1.85 bits per heavy atom. The molecular weight excluding hydrogens is 371 g/mol. The smallest absolute Gasteiger partial charge is 0.269 e. The van der Waals surface area contributed by atoms with Crippen LogP contribution in [0.25, 0.3) is 0 Å². The summed E-state index contributed by atoms with van der Waals surface area (Å²) in [5, 5.41) is 16.2. The quantitative estimate of drug-likeness (QED) is 0.492. The van der Waals surface area contributed by atoms with Gasteiger partial charge in [-0.15, -0.1) is 0 Å². The molecule has 1 heterocycles. The molecule has 26 heavy (non-hydrogen) atoms. The Balaban J connectivity index is 1.64. The van der Waals surface area contributed by atoms with Crippen LogP contribution in [0.1, 0.15) is 42.3 Å². The Morgan fingerprint density at radius 3 is 2.62 bits per heavy atom. The third-order valence-corrected chi connectivity index (χ3v) is 7.14. The van der Waals surface area contributed by atoms with Crippen LogP contribution in [0.2, 0.25) is 10.0 Å². The molecule has 2 fully saturated rings. The minimum absolute atomic E-state index is 0.119. The van der Waals surface area contributed by atoms with Gasteiger partial charge < -0.3 is 5.32 Å². The summed E-state index contributed by atoms with van der Waals surface area (Å²) in [5.74, 6) is 2.03. The van der Waals surface area contributed by atoms with Gasteiger partial charge in [0.2, 0.25) is 0 Å². The van der Waals surface area contributed by atoms with Crippen LogP contribution < -0.4 is 5.32 Å². The van der Waals surface area contributed by atoms with Gasteiger partial charge in [-0.1, -0.05) is 29.3 Å². The molecular formula is C20H18Cl2N2O2. The van der Waals surface area contributed by atoms with Crippen molar-refractivity contribution in [2.75, 3.05) is 5.32 Å². The fourth-order valence-electron chi connectivity index (χ4n) is 5.65. The van der Waals surface area contributed by atoms with Gasteiger partial charge in [0, 0.05) is 27.9 Å². The molecule has 5 rings (SSSR count). The van der Waals surface area contributed by atoms with Crippen LogP contribution in [0.4, 0.5) is 11.4 Å². The van der Waals surface area contributed by atoms with E-state index >= 15 is 0 Å². The number of nitro groups is 1. The maximum Gasteiger partial charge on any atom is 0.269 e. The van der Waals surface area contributed by atoms with Crippen molar-refractivity contribution in [2.24, 2.45) is 17.8 Å². The predicted molar refractivity (Wildman–Crippen MR) is 103 cm³/mol. The average molecular weight is 389 g/mol. The van der Waals surface area contributed by atoms with E-state index in [0.29, 0.717) is 33.7 Å². The average Bonchev–Trinajstić information content (AvgIpc) is 3.23. The van der Waals surface area contributed by atoms with Crippen LogP contribution in [-0.2, 0) is 0 Å². The molecule has 2 aromatic carbocycles. The predicted octanol–water partition coefficient (Wildman–Crippen LogP) is 6.20. The molecule has 0 amide bonds. The van der Waals surface area contributed by atoms with Crippen LogP contribution in [-0.4, -0.2) is 4.92 Å². The van der Waals surface area contributed by atoms with E-state index in [1.54, 1.807) is 18.2 Å². The van der Waals surface area contributed by atoms with Crippen molar-refractivity contribution in [1.29, 1.82) is 0 Å². The van der Waals surface area contributed by atoms with Gasteiger partial charge in [-0.3, -0.25) is 10.1 Å². The standard InChI is InChI=1S/C20H18Cl2N2O2/c21-12-3-5-14(16(22)8-12)20-19-11-2-1-10(7-11)18(19)15-9-13(24(25)26)4-6-17(15)23-20/h3-6,8-11,18-20,23H,1-2,7H2/t10-,11-,18-,19-,20+/m0/s1. The number of fused-ring (bicyclic) bond motifs is 7. The zero-order valence-corrected chi connectivity index (χ0v) is 15.5. The van der Waals surface area contributed by atoms with Gasteiger partial charge in [0.05, 0.1) is 11.0 Å². The number of benzene rings is 2. The normalized spacial score (nSPS) is 31.2. The van der Waals surface area contributed by atoms with Gasteiger partial charge in [-0.2, -0.15) is 0 Å². The van der Waals surface area contributed by atoms with E-state index < -0.39 is 0 Å². The molecule has 2 saturated carbocycles. The van der Waals surface area contributed by atoms with E-state index in [0.717, 1.165) is 16.8 Å². The summed E-state index contributed by atoms with van der Waals surface area (Å²) in [6.07, 6.45) is 3.66. The van der Waals surface area contributed by atoms with E-state index in [-0.39, 0.29) is 16.7 Å². The summed E-state index contributed by atoms with van der Waals surface area (Å²) in [6, 6.07) is 11.0. The summed E-state index contributed by atoms with van der Waals surface area (Å²) >= 11 is 12.6. The number of non-ortho nitro benzene ring substituents is 1. The number of nitrogens with zero attached hydrogens (tertiary/aromatic N) is 1. The van der Waals surface area contributed by atoms with Gasteiger partial charge >= 0.3 is 0 Å². The summed E-state index contributed by atoms with van der Waals surface area (Å²) in [5.41, 5.74) is 3.36. The van der Waals surface area contributed by atoms with Crippen LogP contribution in [0.5, 0.6) is 0 Å². The van der Waals surface area contributed by atoms with E-state index in [1.807, 2.05) is 18.2 Å². The molecule has 1 N–H and O–H groups in total. The Kier molecular flexibility index (Phi) is 3.70. The highest BCUT2D eigenvalue weighted by Crippen LogP contribution is 2.64. The van der Waals surface area contributed by atoms with E-state index in [1.165, 1.54) is 19.3 Å². The molecule has 4 nitrogen and oxygen atoms in total. The van der Waals surface area contributed by atoms with E-state index in [9.17, 15) is 10.1 Å². The SMILES string of the molecule is O=[N+]([O-])c1ccc2c(c1)[C@@H]1[C@H]3CC[C@@H](C3)[C@@H]1[C@@H](c1ccc(Cl)cc1Cl)N2. The lowest BCUT2D eigenvalue weighted by Crippen LogP contribution is -2.35. The number of hydrogen-bond acceptors (Lipinski definition) is 3. The molecule has 6 heteroatoms. The van der Waals surface area contributed by atoms with Gasteiger partial charge in [0.25, 0.3) is 5.69 Å². The highest BCUT2D eigenvalue weighted by Gasteiger charge is 2.54. The van der Waals surface area contributed by atoms with Gasteiger partial charge in [-0.25, -0.2) is 0 Å². The third kappa shape index (κ3) is 2.35. The molecule has 0 unspecified atom stereocenters. The fraction of sp³-hybridized carbons (Fsp3) is 0.400. The van der Waals surface area contributed by atoms with Crippen molar-refractivity contribution >= 4 is 34.6 Å². The monoisotopic (exact) mass is 388 g/mol. The van der Waals surface area contributed by atoms with Crippen molar-refractivity contribution in [3.8, 4) is 0 Å². The minimum Gasteiger partial charge on any atom is -0.378 e. The third-order valence-electron chi connectivity index (χ3n) is 6.58. The molecule has 2 bridgehead atoms.